The van der Waals surface area contributed by atoms with Gasteiger partial charge < -0.3 is 20.1 Å². The maximum Gasteiger partial charge on any atom is 0.317 e. The van der Waals surface area contributed by atoms with E-state index >= 15 is 0 Å². The Morgan fingerprint density at radius 3 is 2.52 bits per heavy atom. The molecule has 2 N–H and O–H groups in total. The van der Waals surface area contributed by atoms with E-state index in [4.69, 9.17) is 4.74 Å². The van der Waals surface area contributed by atoms with Crippen LogP contribution < -0.4 is 5.32 Å². The van der Waals surface area contributed by atoms with Gasteiger partial charge in [-0.15, -0.1) is 0 Å². The second kappa shape index (κ2) is 9.57. The average Bonchev–Trinajstić information content (AvgIpc) is 2.70. The molecule has 1 atom stereocenters. The zero-order chi connectivity index (χ0) is 20.9. The maximum absolute atomic E-state index is 12.6. The molecule has 158 valence electrons. The number of aliphatic hydroxyl groups is 1. The van der Waals surface area contributed by atoms with Crippen molar-refractivity contribution in [3.63, 3.8) is 0 Å². The highest BCUT2D eigenvalue weighted by Gasteiger charge is 2.23. The molecule has 2 aromatic rings. The van der Waals surface area contributed by atoms with Crippen LogP contribution in [0.3, 0.4) is 0 Å². The Bertz CT molecular complexity index is 805. The van der Waals surface area contributed by atoms with Crippen LogP contribution in [-0.2, 0) is 11.3 Å². The van der Waals surface area contributed by atoms with E-state index in [0.717, 1.165) is 18.7 Å². The highest BCUT2D eigenvalue weighted by molar-refractivity contribution is 5.86. The van der Waals surface area contributed by atoms with Gasteiger partial charge in [-0.2, -0.15) is 0 Å². The lowest BCUT2D eigenvalue weighted by Gasteiger charge is -2.35. The number of hydrogen-bond donors (Lipinski definition) is 2. The van der Waals surface area contributed by atoms with Crippen LogP contribution in [0.1, 0.15) is 26.3 Å². The molecule has 6 nitrogen and oxygen atoms in total. The van der Waals surface area contributed by atoms with Gasteiger partial charge in [-0.1, -0.05) is 42.5 Å². The van der Waals surface area contributed by atoms with E-state index in [1.165, 1.54) is 10.8 Å². The second-order valence-electron chi connectivity index (χ2n) is 8.66. The quantitative estimate of drug-likeness (QED) is 0.784. The summed E-state index contributed by atoms with van der Waals surface area (Å²) in [5.41, 5.74) is 0.874. The predicted molar refractivity (Wildman–Crippen MR) is 116 cm³/mol. The number of amides is 2. The molecule has 0 aromatic heterocycles. The smallest absolute Gasteiger partial charge is 0.317 e. The minimum Gasteiger partial charge on any atom is -0.389 e. The molecule has 3 rings (SSSR count). The maximum atomic E-state index is 12.6. The highest BCUT2D eigenvalue weighted by Crippen LogP contribution is 2.18. The SMILES string of the molecule is CC(C)(C)OC[C@H](O)CN1CCN(C(=O)NCc2cccc3ccccc23)CC1. The van der Waals surface area contributed by atoms with Crippen molar-refractivity contribution < 1.29 is 14.6 Å². The van der Waals surface area contributed by atoms with Gasteiger partial charge in [0.05, 0.1) is 18.3 Å². The lowest BCUT2D eigenvalue weighted by atomic mass is 10.0. The standard InChI is InChI=1S/C23H33N3O3/c1-23(2,3)29-17-20(27)16-25-11-13-26(14-12-25)22(28)24-15-19-9-6-8-18-7-4-5-10-21(18)19/h4-10,20,27H,11-17H2,1-3H3,(H,24,28)/t20-/m1/s1. The third kappa shape index (κ3) is 6.42. The first-order valence-corrected chi connectivity index (χ1v) is 10.4. The normalized spacial score (nSPS) is 16.8. The number of carbonyl (C=O) groups is 1. The summed E-state index contributed by atoms with van der Waals surface area (Å²) in [6.07, 6.45) is -0.513. The first-order valence-electron chi connectivity index (χ1n) is 10.4. The van der Waals surface area contributed by atoms with E-state index in [1.807, 2.05) is 43.9 Å². The van der Waals surface area contributed by atoms with Crippen molar-refractivity contribution in [3.8, 4) is 0 Å². The molecule has 1 aliphatic rings. The summed E-state index contributed by atoms with van der Waals surface area (Å²) in [6, 6.07) is 14.4. The lowest BCUT2D eigenvalue weighted by Crippen LogP contribution is -2.53. The summed E-state index contributed by atoms with van der Waals surface area (Å²) < 4.78 is 5.65. The monoisotopic (exact) mass is 399 g/mol. The summed E-state index contributed by atoms with van der Waals surface area (Å²) in [4.78, 5) is 16.6. The number of piperazine rings is 1. The van der Waals surface area contributed by atoms with Crippen LogP contribution in [-0.4, -0.2) is 72.0 Å². The zero-order valence-electron chi connectivity index (χ0n) is 17.7. The number of aliphatic hydroxyl groups excluding tert-OH is 1. The minimum atomic E-state index is -0.513. The Morgan fingerprint density at radius 1 is 1.10 bits per heavy atom. The number of ether oxygens (including phenoxy) is 1. The molecule has 0 radical (unpaired) electrons. The van der Waals surface area contributed by atoms with Crippen molar-refractivity contribution in [3.05, 3.63) is 48.0 Å². The molecular formula is C23H33N3O3. The Labute approximate surface area is 173 Å². The fourth-order valence-corrected chi connectivity index (χ4v) is 3.56. The van der Waals surface area contributed by atoms with Crippen molar-refractivity contribution in [1.82, 2.24) is 15.1 Å². The minimum absolute atomic E-state index is 0.0331. The molecule has 1 aliphatic heterocycles. The van der Waals surface area contributed by atoms with E-state index in [-0.39, 0.29) is 11.6 Å². The number of β-amino-alcohol motifs (C(OH)–C–C–N with tert-alkyl or cyclic N) is 1. The zero-order valence-corrected chi connectivity index (χ0v) is 17.7. The largest absolute Gasteiger partial charge is 0.389 e. The van der Waals surface area contributed by atoms with Crippen LogP contribution in [0, 0.1) is 0 Å². The van der Waals surface area contributed by atoms with Crippen LogP contribution in [0.25, 0.3) is 10.8 Å². The Kier molecular flexibility index (Phi) is 7.11. The molecule has 0 unspecified atom stereocenters. The highest BCUT2D eigenvalue weighted by atomic mass is 16.5. The second-order valence-corrected chi connectivity index (χ2v) is 8.66. The number of hydrogen-bond acceptors (Lipinski definition) is 4. The van der Waals surface area contributed by atoms with Crippen LogP contribution in [0.2, 0.25) is 0 Å². The summed E-state index contributed by atoms with van der Waals surface area (Å²) in [6.45, 7) is 10.2. The molecule has 0 saturated carbocycles. The van der Waals surface area contributed by atoms with Gasteiger partial charge in [0.2, 0.25) is 0 Å². The van der Waals surface area contributed by atoms with Crippen molar-refractivity contribution in [2.45, 2.75) is 39.0 Å². The number of urea groups is 1. The van der Waals surface area contributed by atoms with Crippen molar-refractivity contribution in [2.75, 3.05) is 39.3 Å². The van der Waals surface area contributed by atoms with Gasteiger partial charge in [0.1, 0.15) is 0 Å². The van der Waals surface area contributed by atoms with Gasteiger partial charge in [-0.3, -0.25) is 4.90 Å². The number of fused-ring (bicyclic) bond motifs is 1. The van der Waals surface area contributed by atoms with Crippen molar-refractivity contribution in [1.29, 1.82) is 0 Å². The van der Waals surface area contributed by atoms with E-state index < -0.39 is 6.10 Å². The van der Waals surface area contributed by atoms with Gasteiger partial charge in [-0.05, 0) is 37.1 Å². The van der Waals surface area contributed by atoms with E-state index in [9.17, 15) is 9.90 Å². The van der Waals surface area contributed by atoms with E-state index in [0.29, 0.717) is 32.8 Å². The third-order valence-corrected chi connectivity index (χ3v) is 5.15. The molecule has 1 fully saturated rings. The number of benzene rings is 2. The van der Waals surface area contributed by atoms with E-state index in [1.54, 1.807) is 0 Å². The molecule has 0 bridgehead atoms. The molecular weight excluding hydrogens is 366 g/mol. The number of nitrogens with zero attached hydrogens (tertiary/aromatic N) is 2. The number of rotatable bonds is 6. The summed E-state index contributed by atoms with van der Waals surface area (Å²) in [7, 11) is 0. The fraction of sp³-hybridized carbons (Fsp3) is 0.522. The molecule has 0 spiro atoms. The first-order chi connectivity index (χ1) is 13.8. The van der Waals surface area contributed by atoms with Gasteiger partial charge in [0.15, 0.2) is 0 Å². The molecule has 2 aromatic carbocycles. The molecule has 1 saturated heterocycles. The molecule has 29 heavy (non-hydrogen) atoms. The Balaban J connectivity index is 1.43. The Hall–Kier alpha value is -2.15. The van der Waals surface area contributed by atoms with Gasteiger partial charge in [0, 0.05) is 39.3 Å². The summed E-state index contributed by atoms with van der Waals surface area (Å²) in [5, 5.41) is 15.6. The van der Waals surface area contributed by atoms with Crippen LogP contribution in [0.15, 0.2) is 42.5 Å². The fourth-order valence-electron chi connectivity index (χ4n) is 3.56. The van der Waals surface area contributed by atoms with Gasteiger partial charge >= 0.3 is 6.03 Å². The first kappa shape index (κ1) is 21.6. The third-order valence-electron chi connectivity index (χ3n) is 5.15. The van der Waals surface area contributed by atoms with Crippen LogP contribution >= 0.6 is 0 Å². The van der Waals surface area contributed by atoms with Crippen LogP contribution in [0.5, 0.6) is 0 Å². The number of carbonyl (C=O) groups excluding carboxylic acids is 1. The van der Waals surface area contributed by atoms with Crippen LogP contribution in [0.4, 0.5) is 4.79 Å². The van der Waals surface area contributed by atoms with Crippen molar-refractivity contribution >= 4 is 16.8 Å². The molecule has 0 aliphatic carbocycles. The van der Waals surface area contributed by atoms with E-state index in [2.05, 4.69) is 34.5 Å². The average molecular weight is 400 g/mol. The summed E-state index contributed by atoms with van der Waals surface area (Å²) >= 11 is 0. The topological polar surface area (TPSA) is 65.0 Å². The molecule has 6 heteroatoms. The van der Waals surface area contributed by atoms with Gasteiger partial charge in [0.25, 0.3) is 0 Å². The summed E-state index contributed by atoms with van der Waals surface area (Å²) in [5.74, 6) is 0. The predicted octanol–water partition coefficient (Wildman–Crippen LogP) is 2.84. The number of nitrogens with one attached hydrogen (secondary N) is 1. The Morgan fingerprint density at radius 2 is 1.79 bits per heavy atom. The molecule has 2 amide bonds. The lowest BCUT2D eigenvalue weighted by molar-refractivity contribution is -0.0579. The molecule has 1 heterocycles. The van der Waals surface area contributed by atoms with Crippen molar-refractivity contribution in [2.24, 2.45) is 0 Å². The van der Waals surface area contributed by atoms with Gasteiger partial charge in [-0.25, -0.2) is 4.79 Å².